The zero-order chi connectivity index (χ0) is 11.5. The highest BCUT2D eigenvalue weighted by Crippen LogP contribution is 2.32. The molecular formula is C10H14O5. The van der Waals surface area contributed by atoms with E-state index >= 15 is 0 Å². The van der Waals surface area contributed by atoms with Gasteiger partial charge in [-0.3, -0.25) is 9.59 Å². The lowest BCUT2D eigenvalue weighted by molar-refractivity contribution is -0.156. The number of methoxy groups -OCH3 is 1. The van der Waals surface area contributed by atoms with Gasteiger partial charge in [0.25, 0.3) is 0 Å². The van der Waals surface area contributed by atoms with Crippen LogP contribution in [0.3, 0.4) is 0 Å². The molecule has 0 aromatic heterocycles. The van der Waals surface area contributed by atoms with Crippen molar-refractivity contribution in [3.05, 3.63) is 0 Å². The molecular weight excluding hydrogens is 200 g/mol. The molecule has 0 N–H and O–H groups in total. The van der Waals surface area contributed by atoms with Gasteiger partial charge >= 0.3 is 5.97 Å². The quantitative estimate of drug-likeness (QED) is 0.491. The first-order chi connectivity index (χ1) is 7.03. The van der Waals surface area contributed by atoms with E-state index in [1.54, 1.807) is 0 Å². The number of rotatable bonds is 4. The van der Waals surface area contributed by atoms with Gasteiger partial charge in [-0.25, -0.2) is 0 Å². The number of esters is 1. The molecule has 1 saturated heterocycles. The van der Waals surface area contributed by atoms with Crippen LogP contribution in [0.4, 0.5) is 0 Å². The lowest BCUT2D eigenvalue weighted by Crippen LogP contribution is -2.40. The normalized spacial score (nSPS) is 25.3. The molecule has 5 heteroatoms. The van der Waals surface area contributed by atoms with Crippen molar-refractivity contribution in [3.63, 3.8) is 0 Å². The molecule has 1 aliphatic heterocycles. The lowest BCUT2D eigenvalue weighted by Gasteiger charge is -2.21. The average molecular weight is 214 g/mol. The SMILES string of the molecule is COC(=O)[C@@]1(CCC(C)=O)COCC1=O. The van der Waals surface area contributed by atoms with Crippen LogP contribution in [0.2, 0.25) is 0 Å². The molecule has 1 heterocycles. The van der Waals surface area contributed by atoms with Crippen LogP contribution >= 0.6 is 0 Å². The van der Waals surface area contributed by atoms with Crippen LogP contribution in [0, 0.1) is 5.41 Å². The zero-order valence-corrected chi connectivity index (χ0v) is 8.87. The van der Waals surface area contributed by atoms with Gasteiger partial charge in [-0.1, -0.05) is 0 Å². The Morgan fingerprint density at radius 1 is 1.53 bits per heavy atom. The third-order valence-electron chi connectivity index (χ3n) is 2.60. The minimum absolute atomic E-state index is 0.0196. The second-order valence-electron chi connectivity index (χ2n) is 3.69. The lowest BCUT2D eigenvalue weighted by atomic mass is 9.81. The Morgan fingerprint density at radius 3 is 2.60 bits per heavy atom. The van der Waals surface area contributed by atoms with E-state index in [0.717, 1.165) is 0 Å². The smallest absolute Gasteiger partial charge is 0.321 e. The van der Waals surface area contributed by atoms with Crippen molar-refractivity contribution in [3.8, 4) is 0 Å². The molecule has 5 nitrogen and oxygen atoms in total. The monoisotopic (exact) mass is 214 g/mol. The fourth-order valence-corrected chi connectivity index (χ4v) is 1.61. The maximum Gasteiger partial charge on any atom is 0.321 e. The molecule has 0 spiro atoms. The Labute approximate surface area is 87.7 Å². The van der Waals surface area contributed by atoms with E-state index in [-0.39, 0.29) is 37.6 Å². The van der Waals surface area contributed by atoms with Crippen molar-refractivity contribution in [2.24, 2.45) is 5.41 Å². The van der Waals surface area contributed by atoms with E-state index in [0.29, 0.717) is 0 Å². The van der Waals surface area contributed by atoms with Crippen LogP contribution in [0.5, 0.6) is 0 Å². The third-order valence-corrected chi connectivity index (χ3v) is 2.60. The Balaban J connectivity index is 2.81. The Morgan fingerprint density at radius 2 is 2.20 bits per heavy atom. The summed E-state index contributed by atoms with van der Waals surface area (Å²) in [7, 11) is 1.23. The first-order valence-corrected chi connectivity index (χ1v) is 4.72. The number of hydrogen-bond donors (Lipinski definition) is 0. The van der Waals surface area contributed by atoms with Crippen LogP contribution in [0.25, 0.3) is 0 Å². The summed E-state index contributed by atoms with van der Waals surface area (Å²) < 4.78 is 9.56. The first-order valence-electron chi connectivity index (χ1n) is 4.72. The molecule has 0 amide bonds. The number of ether oxygens (including phenoxy) is 2. The molecule has 15 heavy (non-hydrogen) atoms. The molecule has 1 atom stereocenters. The van der Waals surface area contributed by atoms with Crippen molar-refractivity contribution in [2.45, 2.75) is 19.8 Å². The molecule has 1 fully saturated rings. The van der Waals surface area contributed by atoms with Gasteiger partial charge in [-0.2, -0.15) is 0 Å². The Hall–Kier alpha value is -1.23. The van der Waals surface area contributed by atoms with Crippen LogP contribution in [0.15, 0.2) is 0 Å². The molecule has 1 rings (SSSR count). The number of ketones is 2. The van der Waals surface area contributed by atoms with Gasteiger partial charge < -0.3 is 14.3 Å². The number of carbonyl (C=O) groups excluding carboxylic acids is 3. The number of hydrogen-bond acceptors (Lipinski definition) is 5. The summed E-state index contributed by atoms with van der Waals surface area (Å²) in [5, 5.41) is 0. The van der Waals surface area contributed by atoms with Crippen LogP contribution < -0.4 is 0 Å². The molecule has 0 aliphatic carbocycles. The maximum atomic E-state index is 11.6. The highest BCUT2D eigenvalue weighted by Gasteiger charge is 2.50. The maximum absolute atomic E-state index is 11.6. The summed E-state index contributed by atoms with van der Waals surface area (Å²) in [6.45, 7) is 1.37. The predicted octanol–water partition coefficient (Wildman–Crippen LogP) is 0.114. The van der Waals surface area contributed by atoms with Gasteiger partial charge in [-0.15, -0.1) is 0 Å². The summed E-state index contributed by atoms with van der Waals surface area (Å²) in [5.74, 6) is -0.958. The largest absolute Gasteiger partial charge is 0.468 e. The van der Waals surface area contributed by atoms with Gasteiger partial charge in [-0.05, 0) is 13.3 Å². The second-order valence-corrected chi connectivity index (χ2v) is 3.69. The van der Waals surface area contributed by atoms with Crippen molar-refractivity contribution in [1.82, 2.24) is 0 Å². The fraction of sp³-hybridized carbons (Fsp3) is 0.700. The molecule has 0 saturated carbocycles. The van der Waals surface area contributed by atoms with Crippen molar-refractivity contribution in [2.75, 3.05) is 20.3 Å². The minimum atomic E-state index is -1.25. The highest BCUT2D eigenvalue weighted by molar-refractivity contribution is 6.06. The summed E-state index contributed by atoms with van der Waals surface area (Å²) >= 11 is 0. The zero-order valence-electron chi connectivity index (χ0n) is 8.87. The van der Waals surface area contributed by atoms with E-state index < -0.39 is 11.4 Å². The average Bonchev–Trinajstić information content (AvgIpc) is 2.57. The van der Waals surface area contributed by atoms with Crippen LogP contribution in [-0.4, -0.2) is 37.9 Å². The van der Waals surface area contributed by atoms with E-state index in [1.165, 1.54) is 14.0 Å². The number of carbonyl (C=O) groups is 3. The minimum Gasteiger partial charge on any atom is -0.468 e. The standard InChI is InChI=1S/C10H14O5/c1-7(11)3-4-10(9(13)14-2)6-15-5-8(10)12/h3-6H2,1-2H3/t10-/m0/s1. The van der Waals surface area contributed by atoms with E-state index in [2.05, 4.69) is 4.74 Å². The molecule has 0 unspecified atom stereocenters. The second kappa shape index (κ2) is 4.53. The van der Waals surface area contributed by atoms with Gasteiger partial charge in [0.15, 0.2) is 11.2 Å². The molecule has 84 valence electrons. The van der Waals surface area contributed by atoms with E-state index in [4.69, 9.17) is 4.74 Å². The number of Topliss-reactive ketones (excluding diaryl/α,β-unsaturated/α-hetero) is 2. The summed E-state index contributed by atoms with van der Waals surface area (Å²) in [4.78, 5) is 34.0. The third kappa shape index (κ3) is 2.23. The van der Waals surface area contributed by atoms with Gasteiger partial charge in [0.1, 0.15) is 12.4 Å². The molecule has 0 aromatic rings. The van der Waals surface area contributed by atoms with Crippen molar-refractivity contribution in [1.29, 1.82) is 0 Å². The first kappa shape index (κ1) is 11.8. The van der Waals surface area contributed by atoms with Crippen LogP contribution in [-0.2, 0) is 23.9 Å². The predicted molar refractivity (Wildman–Crippen MR) is 50.2 cm³/mol. The van der Waals surface area contributed by atoms with Gasteiger partial charge in [0.05, 0.1) is 13.7 Å². The molecule has 1 aliphatic rings. The summed E-state index contributed by atoms with van der Waals surface area (Å²) in [5.41, 5.74) is -1.25. The van der Waals surface area contributed by atoms with Gasteiger partial charge in [0.2, 0.25) is 0 Å². The molecule has 0 radical (unpaired) electrons. The Kier molecular flexibility index (Phi) is 3.57. The van der Waals surface area contributed by atoms with E-state index in [1.807, 2.05) is 0 Å². The van der Waals surface area contributed by atoms with Gasteiger partial charge in [0, 0.05) is 6.42 Å². The molecule has 0 aromatic carbocycles. The van der Waals surface area contributed by atoms with Crippen LogP contribution in [0.1, 0.15) is 19.8 Å². The van der Waals surface area contributed by atoms with E-state index in [9.17, 15) is 14.4 Å². The summed E-state index contributed by atoms with van der Waals surface area (Å²) in [6.07, 6.45) is 0.359. The van der Waals surface area contributed by atoms with Crippen molar-refractivity contribution < 1.29 is 23.9 Å². The highest BCUT2D eigenvalue weighted by atomic mass is 16.5. The molecule has 0 bridgehead atoms. The Bertz CT molecular complexity index is 296. The fourth-order valence-electron chi connectivity index (χ4n) is 1.61. The van der Waals surface area contributed by atoms with Crippen molar-refractivity contribution >= 4 is 17.5 Å². The topological polar surface area (TPSA) is 69.7 Å². The summed E-state index contributed by atoms with van der Waals surface area (Å²) in [6, 6.07) is 0.